The maximum absolute atomic E-state index is 12.5. The third-order valence-electron chi connectivity index (χ3n) is 7.60. The average Bonchev–Trinajstić information content (AvgIpc) is 3.13. The monoisotopic (exact) mass is 820 g/mol. The first-order valence-electron chi connectivity index (χ1n) is 19.3. The maximum atomic E-state index is 12.5. The van der Waals surface area contributed by atoms with Crippen LogP contribution in [-0.2, 0) is 65.4 Å². The van der Waals surface area contributed by atoms with E-state index < -0.39 is 97.5 Å². The van der Waals surface area contributed by atoms with Crippen LogP contribution in [0.3, 0.4) is 0 Å². The van der Waals surface area contributed by atoms with Gasteiger partial charge in [0.05, 0.1) is 26.4 Å². The second kappa shape index (κ2) is 32.2. The number of carbonyl (C=O) groups is 4. The lowest BCUT2D eigenvalue weighted by molar-refractivity contribution is -0.161. The standard InChI is InChI=1S/C35H66O17P2/c1-5-9-13-14-15-16-17-18-22-35(40)52-31(26-46-33(38)20-11-7-3)28-50-54(43,44)48-24-29(36)23-47-53(41,42)49-27-30(51-34(39)21-12-8-4)25-45-32(37)19-10-6-2/h29-31,36H,5-28H2,1-4H3,(H,41,42)(H,43,44)/t29-,30+,31+/m0/s1. The summed E-state index contributed by atoms with van der Waals surface area (Å²) < 4.78 is 65.1. The number of ether oxygens (including phenoxy) is 4. The molecule has 0 rings (SSSR count). The fourth-order valence-corrected chi connectivity index (χ4v) is 6.02. The van der Waals surface area contributed by atoms with Crippen molar-refractivity contribution in [3.05, 3.63) is 0 Å². The number of rotatable bonds is 36. The summed E-state index contributed by atoms with van der Waals surface area (Å²) in [7, 11) is -9.76. The van der Waals surface area contributed by atoms with Gasteiger partial charge in [-0.3, -0.25) is 37.3 Å². The van der Waals surface area contributed by atoms with Crippen LogP contribution in [0.4, 0.5) is 0 Å². The minimum absolute atomic E-state index is 0.0757. The summed E-state index contributed by atoms with van der Waals surface area (Å²) in [5.74, 6) is -2.29. The van der Waals surface area contributed by atoms with Gasteiger partial charge in [0, 0.05) is 25.7 Å². The number of hydrogen-bond donors (Lipinski definition) is 3. The molecule has 0 bridgehead atoms. The van der Waals surface area contributed by atoms with Gasteiger partial charge in [-0.25, -0.2) is 9.13 Å². The summed E-state index contributed by atoms with van der Waals surface area (Å²) in [6.45, 7) is 3.82. The van der Waals surface area contributed by atoms with Gasteiger partial charge in [0.1, 0.15) is 19.3 Å². The van der Waals surface area contributed by atoms with E-state index in [0.29, 0.717) is 25.7 Å². The molecule has 0 aliphatic rings. The van der Waals surface area contributed by atoms with Crippen LogP contribution in [0.15, 0.2) is 0 Å². The largest absolute Gasteiger partial charge is 0.472 e. The van der Waals surface area contributed by atoms with E-state index >= 15 is 0 Å². The van der Waals surface area contributed by atoms with E-state index in [-0.39, 0.29) is 25.7 Å². The molecule has 0 aliphatic heterocycles. The molecule has 0 aromatic heterocycles. The van der Waals surface area contributed by atoms with Crippen molar-refractivity contribution in [3.63, 3.8) is 0 Å². The van der Waals surface area contributed by atoms with Gasteiger partial charge < -0.3 is 33.8 Å². The van der Waals surface area contributed by atoms with Gasteiger partial charge in [-0.15, -0.1) is 0 Å². The second-order valence-corrected chi connectivity index (χ2v) is 15.8. The van der Waals surface area contributed by atoms with Gasteiger partial charge in [-0.1, -0.05) is 91.9 Å². The molecule has 0 radical (unpaired) electrons. The van der Waals surface area contributed by atoms with E-state index in [9.17, 15) is 43.2 Å². The number of phosphoric ester groups is 2. The Morgan fingerprint density at radius 2 is 0.759 bits per heavy atom. The smallest absolute Gasteiger partial charge is 0.462 e. The van der Waals surface area contributed by atoms with Gasteiger partial charge in [0.25, 0.3) is 0 Å². The third kappa shape index (κ3) is 31.3. The van der Waals surface area contributed by atoms with Crippen LogP contribution in [0.1, 0.15) is 143 Å². The van der Waals surface area contributed by atoms with Crippen molar-refractivity contribution in [3.8, 4) is 0 Å². The summed E-state index contributed by atoms with van der Waals surface area (Å²) in [5.41, 5.74) is 0. The molecule has 0 aliphatic carbocycles. The zero-order valence-corrected chi connectivity index (χ0v) is 34.4. The molecule has 5 atom stereocenters. The van der Waals surface area contributed by atoms with Crippen molar-refractivity contribution in [2.45, 2.75) is 162 Å². The predicted molar refractivity (Wildman–Crippen MR) is 197 cm³/mol. The maximum Gasteiger partial charge on any atom is 0.472 e. The zero-order valence-electron chi connectivity index (χ0n) is 32.7. The van der Waals surface area contributed by atoms with E-state index in [1.54, 1.807) is 0 Å². The predicted octanol–water partition coefficient (Wildman–Crippen LogP) is 6.63. The normalized spacial score (nSPS) is 15.3. The number of esters is 4. The zero-order chi connectivity index (χ0) is 40.7. The van der Waals surface area contributed by atoms with Crippen molar-refractivity contribution in [1.82, 2.24) is 0 Å². The van der Waals surface area contributed by atoms with Crippen molar-refractivity contribution >= 4 is 39.5 Å². The highest BCUT2D eigenvalue weighted by Crippen LogP contribution is 2.45. The van der Waals surface area contributed by atoms with Crippen molar-refractivity contribution < 1.29 is 80.2 Å². The van der Waals surface area contributed by atoms with Crippen LogP contribution < -0.4 is 0 Å². The molecule has 0 heterocycles. The lowest BCUT2D eigenvalue weighted by Crippen LogP contribution is -2.30. The molecule has 3 N–H and O–H groups in total. The van der Waals surface area contributed by atoms with Crippen LogP contribution in [-0.4, -0.2) is 96.7 Å². The fourth-order valence-electron chi connectivity index (χ4n) is 4.44. The highest BCUT2D eigenvalue weighted by molar-refractivity contribution is 7.47. The molecule has 2 unspecified atom stereocenters. The van der Waals surface area contributed by atoms with E-state index in [1.165, 1.54) is 12.8 Å². The van der Waals surface area contributed by atoms with E-state index in [1.807, 2.05) is 20.8 Å². The molecule has 0 amide bonds. The fraction of sp³-hybridized carbons (Fsp3) is 0.886. The summed E-state index contributed by atoms with van der Waals surface area (Å²) in [4.78, 5) is 68.8. The van der Waals surface area contributed by atoms with Gasteiger partial charge in [0.15, 0.2) is 12.2 Å². The molecular weight excluding hydrogens is 754 g/mol. The van der Waals surface area contributed by atoms with Gasteiger partial charge >= 0.3 is 39.5 Å². The highest BCUT2D eigenvalue weighted by Gasteiger charge is 2.30. The molecule has 0 spiro atoms. The molecule has 54 heavy (non-hydrogen) atoms. The Hall–Kier alpha value is -1.94. The minimum atomic E-state index is -4.89. The molecule has 17 nitrogen and oxygen atoms in total. The Kier molecular flexibility index (Phi) is 31.0. The number of unbranched alkanes of at least 4 members (excludes halogenated alkanes) is 10. The number of aliphatic hydroxyl groups is 1. The summed E-state index contributed by atoms with van der Waals surface area (Å²) >= 11 is 0. The molecule has 0 saturated heterocycles. The Balaban J connectivity index is 4.96. The number of hydrogen-bond acceptors (Lipinski definition) is 15. The average molecular weight is 821 g/mol. The van der Waals surface area contributed by atoms with Gasteiger partial charge in [-0.05, 0) is 25.7 Å². The van der Waals surface area contributed by atoms with Crippen LogP contribution in [0, 0.1) is 0 Å². The Morgan fingerprint density at radius 3 is 1.15 bits per heavy atom. The highest BCUT2D eigenvalue weighted by atomic mass is 31.2. The lowest BCUT2D eigenvalue weighted by Gasteiger charge is -2.21. The molecule has 0 fully saturated rings. The van der Waals surface area contributed by atoms with Crippen molar-refractivity contribution in [2.75, 3.05) is 39.6 Å². The minimum Gasteiger partial charge on any atom is -0.462 e. The Morgan fingerprint density at radius 1 is 0.444 bits per heavy atom. The van der Waals surface area contributed by atoms with Gasteiger partial charge in [0.2, 0.25) is 0 Å². The molecule has 0 aromatic carbocycles. The molecule has 0 saturated carbocycles. The summed E-state index contributed by atoms with van der Waals surface area (Å²) in [5, 5.41) is 10.2. The number of phosphoric acid groups is 2. The summed E-state index contributed by atoms with van der Waals surface area (Å²) in [6, 6.07) is 0. The van der Waals surface area contributed by atoms with Crippen LogP contribution >= 0.6 is 15.6 Å². The Labute approximate surface area is 320 Å². The first-order chi connectivity index (χ1) is 25.7. The van der Waals surface area contributed by atoms with Gasteiger partial charge in [-0.2, -0.15) is 0 Å². The first kappa shape index (κ1) is 52.1. The summed E-state index contributed by atoms with van der Waals surface area (Å²) in [6.07, 6.45) is 8.44. The molecule has 318 valence electrons. The van der Waals surface area contributed by atoms with Crippen molar-refractivity contribution in [1.29, 1.82) is 0 Å². The topological polar surface area (TPSA) is 237 Å². The first-order valence-corrected chi connectivity index (χ1v) is 22.3. The molecular formula is C35H66O17P2. The van der Waals surface area contributed by atoms with E-state index in [4.69, 9.17) is 37.0 Å². The quantitative estimate of drug-likeness (QED) is 0.0260. The van der Waals surface area contributed by atoms with Crippen LogP contribution in [0.2, 0.25) is 0 Å². The van der Waals surface area contributed by atoms with E-state index in [2.05, 4.69) is 6.92 Å². The molecule has 19 heteroatoms. The SMILES string of the molecule is CCCCCCCCCCC(=O)O[C@H](COC(=O)CCCC)COP(=O)(O)OC[C@@H](O)COP(=O)(O)OC[C@@H](COC(=O)CCCC)OC(=O)CCCC. The van der Waals surface area contributed by atoms with E-state index in [0.717, 1.165) is 51.4 Å². The second-order valence-electron chi connectivity index (χ2n) is 12.9. The van der Waals surface area contributed by atoms with Crippen LogP contribution in [0.25, 0.3) is 0 Å². The van der Waals surface area contributed by atoms with Crippen LogP contribution in [0.5, 0.6) is 0 Å². The number of carbonyl (C=O) groups excluding carboxylic acids is 4. The third-order valence-corrected chi connectivity index (χ3v) is 9.50. The molecule has 0 aromatic rings. The number of aliphatic hydroxyl groups excluding tert-OH is 1. The lowest BCUT2D eigenvalue weighted by atomic mass is 10.1. The van der Waals surface area contributed by atoms with Crippen molar-refractivity contribution in [2.24, 2.45) is 0 Å². The Bertz CT molecular complexity index is 1120.